The number of nitrogens with one attached hydrogen (secondary N) is 1. The fourth-order valence-electron chi connectivity index (χ4n) is 1.63. The normalized spacial score (nSPS) is 13.5. The Morgan fingerprint density at radius 2 is 2.14 bits per heavy atom. The van der Waals surface area contributed by atoms with E-state index in [4.69, 9.17) is 0 Å². The average molecular weight is 195 g/mol. The summed E-state index contributed by atoms with van der Waals surface area (Å²) in [4.78, 5) is 0. The Labute approximate surface area is 86.5 Å². The molecule has 14 heavy (non-hydrogen) atoms. The van der Waals surface area contributed by atoms with Gasteiger partial charge in [0.2, 0.25) is 0 Å². The Morgan fingerprint density at radius 1 is 1.43 bits per heavy atom. The largest absolute Gasteiger partial charge is 0.309 e. The van der Waals surface area contributed by atoms with E-state index in [1.807, 2.05) is 17.9 Å². The van der Waals surface area contributed by atoms with Gasteiger partial charge in [-0.25, -0.2) is 0 Å². The quantitative estimate of drug-likeness (QED) is 0.778. The summed E-state index contributed by atoms with van der Waals surface area (Å²) < 4.78 is 1.84. The SMILES string of the molecule is CC(C)CC(C)NCc1ccn(C)n1. The topological polar surface area (TPSA) is 29.9 Å². The first-order valence-corrected chi connectivity index (χ1v) is 5.30. The number of aryl methyl sites for hydroxylation is 1. The lowest BCUT2D eigenvalue weighted by atomic mass is 10.1. The lowest BCUT2D eigenvalue weighted by Crippen LogP contribution is -2.27. The molecule has 1 aromatic rings. The van der Waals surface area contributed by atoms with Crippen molar-refractivity contribution < 1.29 is 0 Å². The van der Waals surface area contributed by atoms with Crippen LogP contribution in [0.4, 0.5) is 0 Å². The van der Waals surface area contributed by atoms with Crippen molar-refractivity contribution >= 4 is 0 Å². The first kappa shape index (κ1) is 11.2. The zero-order valence-electron chi connectivity index (χ0n) is 9.62. The molecule has 0 bridgehead atoms. The molecule has 0 radical (unpaired) electrons. The molecule has 0 aliphatic carbocycles. The first-order chi connectivity index (χ1) is 6.58. The van der Waals surface area contributed by atoms with Gasteiger partial charge in [-0.3, -0.25) is 4.68 Å². The van der Waals surface area contributed by atoms with Crippen LogP contribution in [0.2, 0.25) is 0 Å². The molecular formula is C11H21N3. The molecule has 0 saturated carbocycles. The monoisotopic (exact) mass is 195 g/mol. The molecule has 3 nitrogen and oxygen atoms in total. The van der Waals surface area contributed by atoms with Gasteiger partial charge in [0, 0.05) is 25.8 Å². The van der Waals surface area contributed by atoms with E-state index in [1.54, 1.807) is 0 Å². The molecule has 1 rings (SSSR count). The standard InChI is InChI=1S/C11H21N3/c1-9(2)7-10(3)12-8-11-5-6-14(4)13-11/h5-6,9-10,12H,7-8H2,1-4H3. The van der Waals surface area contributed by atoms with E-state index < -0.39 is 0 Å². The van der Waals surface area contributed by atoms with Gasteiger partial charge < -0.3 is 5.32 Å². The summed E-state index contributed by atoms with van der Waals surface area (Å²) >= 11 is 0. The van der Waals surface area contributed by atoms with E-state index in [2.05, 4.69) is 37.3 Å². The Balaban J connectivity index is 2.26. The van der Waals surface area contributed by atoms with Gasteiger partial charge in [-0.05, 0) is 25.3 Å². The highest BCUT2D eigenvalue weighted by molar-refractivity contribution is 4.98. The van der Waals surface area contributed by atoms with Crippen LogP contribution in [0.25, 0.3) is 0 Å². The zero-order valence-corrected chi connectivity index (χ0v) is 9.62. The van der Waals surface area contributed by atoms with Crippen LogP contribution in [0.3, 0.4) is 0 Å². The Morgan fingerprint density at radius 3 is 2.64 bits per heavy atom. The van der Waals surface area contributed by atoms with Gasteiger partial charge in [0.15, 0.2) is 0 Å². The van der Waals surface area contributed by atoms with Crippen molar-refractivity contribution in [2.24, 2.45) is 13.0 Å². The zero-order chi connectivity index (χ0) is 10.6. The molecule has 0 aliphatic rings. The summed E-state index contributed by atoms with van der Waals surface area (Å²) in [6, 6.07) is 2.62. The summed E-state index contributed by atoms with van der Waals surface area (Å²) in [6.45, 7) is 7.59. The molecule has 80 valence electrons. The van der Waals surface area contributed by atoms with E-state index in [0.717, 1.165) is 18.2 Å². The van der Waals surface area contributed by atoms with Gasteiger partial charge in [0.25, 0.3) is 0 Å². The van der Waals surface area contributed by atoms with Crippen molar-refractivity contribution in [2.45, 2.75) is 39.8 Å². The van der Waals surface area contributed by atoms with Gasteiger partial charge in [0.05, 0.1) is 5.69 Å². The molecule has 0 aliphatic heterocycles. The smallest absolute Gasteiger partial charge is 0.0762 e. The number of rotatable bonds is 5. The molecule has 0 amide bonds. The Hall–Kier alpha value is -0.830. The summed E-state index contributed by atoms with van der Waals surface area (Å²) in [5, 5.41) is 7.78. The van der Waals surface area contributed by atoms with Crippen molar-refractivity contribution in [2.75, 3.05) is 0 Å². The molecule has 1 N–H and O–H groups in total. The number of aromatic nitrogens is 2. The van der Waals surface area contributed by atoms with Crippen LogP contribution in [-0.2, 0) is 13.6 Å². The van der Waals surface area contributed by atoms with Crippen LogP contribution in [0.5, 0.6) is 0 Å². The van der Waals surface area contributed by atoms with Crippen LogP contribution in [0, 0.1) is 5.92 Å². The fraction of sp³-hybridized carbons (Fsp3) is 0.727. The highest BCUT2D eigenvalue weighted by atomic mass is 15.3. The molecule has 0 fully saturated rings. The molecular weight excluding hydrogens is 174 g/mol. The molecule has 0 aromatic carbocycles. The van der Waals surface area contributed by atoms with Crippen LogP contribution >= 0.6 is 0 Å². The minimum absolute atomic E-state index is 0.567. The molecule has 1 heterocycles. The lowest BCUT2D eigenvalue weighted by molar-refractivity contribution is 0.438. The molecule has 1 unspecified atom stereocenters. The van der Waals surface area contributed by atoms with Crippen LogP contribution in [0.1, 0.15) is 32.9 Å². The minimum atomic E-state index is 0.567. The van der Waals surface area contributed by atoms with E-state index >= 15 is 0 Å². The molecule has 0 saturated heterocycles. The van der Waals surface area contributed by atoms with Gasteiger partial charge in [-0.1, -0.05) is 13.8 Å². The molecule has 0 spiro atoms. The average Bonchev–Trinajstić information content (AvgIpc) is 2.47. The predicted molar refractivity (Wildman–Crippen MR) is 59.0 cm³/mol. The highest BCUT2D eigenvalue weighted by Crippen LogP contribution is 2.04. The second-order valence-electron chi connectivity index (χ2n) is 4.39. The van der Waals surface area contributed by atoms with Crippen LogP contribution in [0.15, 0.2) is 12.3 Å². The maximum atomic E-state index is 4.32. The van der Waals surface area contributed by atoms with Crippen molar-refractivity contribution in [1.29, 1.82) is 0 Å². The Kier molecular flexibility index (Phi) is 4.14. The van der Waals surface area contributed by atoms with Gasteiger partial charge in [-0.15, -0.1) is 0 Å². The summed E-state index contributed by atoms with van der Waals surface area (Å²) in [7, 11) is 1.95. The van der Waals surface area contributed by atoms with Crippen molar-refractivity contribution in [1.82, 2.24) is 15.1 Å². The Bertz CT molecular complexity index is 265. The summed E-state index contributed by atoms with van der Waals surface area (Å²) in [5.74, 6) is 0.751. The lowest BCUT2D eigenvalue weighted by Gasteiger charge is -2.14. The second kappa shape index (κ2) is 5.15. The third-order valence-electron chi connectivity index (χ3n) is 2.23. The predicted octanol–water partition coefficient (Wildman–Crippen LogP) is 1.94. The van der Waals surface area contributed by atoms with Gasteiger partial charge >= 0.3 is 0 Å². The highest BCUT2D eigenvalue weighted by Gasteiger charge is 2.04. The third kappa shape index (κ3) is 3.92. The fourth-order valence-corrected chi connectivity index (χ4v) is 1.63. The third-order valence-corrected chi connectivity index (χ3v) is 2.23. The van der Waals surface area contributed by atoms with Crippen LogP contribution < -0.4 is 5.32 Å². The van der Waals surface area contributed by atoms with E-state index in [9.17, 15) is 0 Å². The summed E-state index contributed by atoms with van der Waals surface area (Å²) in [5.41, 5.74) is 1.11. The maximum Gasteiger partial charge on any atom is 0.0762 e. The van der Waals surface area contributed by atoms with Crippen LogP contribution in [-0.4, -0.2) is 15.8 Å². The summed E-state index contributed by atoms with van der Waals surface area (Å²) in [6.07, 6.45) is 3.19. The van der Waals surface area contributed by atoms with Crippen molar-refractivity contribution in [3.63, 3.8) is 0 Å². The van der Waals surface area contributed by atoms with Gasteiger partial charge in [0.1, 0.15) is 0 Å². The van der Waals surface area contributed by atoms with Gasteiger partial charge in [-0.2, -0.15) is 5.10 Å². The van der Waals surface area contributed by atoms with E-state index in [0.29, 0.717) is 6.04 Å². The second-order valence-corrected chi connectivity index (χ2v) is 4.39. The molecule has 3 heteroatoms. The number of hydrogen-bond donors (Lipinski definition) is 1. The minimum Gasteiger partial charge on any atom is -0.309 e. The molecule has 1 atom stereocenters. The maximum absolute atomic E-state index is 4.32. The van der Waals surface area contributed by atoms with Crippen molar-refractivity contribution in [3.05, 3.63) is 18.0 Å². The van der Waals surface area contributed by atoms with Crippen molar-refractivity contribution in [3.8, 4) is 0 Å². The number of nitrogens with zero attached hydrogens (tertiary/aromatic N) is 2. The first-order valence-electron chi connectivity index (χ1n) is 5.30. The molecule has 1 aromatic heterocycles. The van der Waals surface area contributed by atoms with E-state index in [1.165, 1.54) is 6.42 Å². The van der Waals surface area contributed by atoms with E-state index in [-0.39, 0.29) is 0 Å². The number of hydrogen-bond acceptors (Lipinski definition) is 2.